The highest BCUT2D eigenvalue weighted by atomic mass is 32.1. The van der Waals surface area contributed by atoms with Crippen molar-refractivity contribution in [1.29, 1.82) is 0 Å². The molecule has 0 aliphatic rings. The number of hydrogen-bond acceptors (Lipinski definition) is 5. The highest BCUT2D eigenvalue weighted by Gasteiger charge is 2.32. The number of hydrogen-bond donors (Lipinski definition) is 1. The standard InChI is InChI=1S/C22H11F4N3O2S2/c23-17-3-1-14(22(24,25)26)8-16(17)21(31)28-15-2-4-18-11(6-15)7-19(33-18)12-5-13(10-27-9-12)20(30)29-32/h1-10H,(H,28,31). The van der Waals surface area contributed by atoms with Crippen molar-refractivity contribution < 1.29 is 27.2 Å². The Balaban J connectivity index is 1.62. The molecule has 0 unspecified atom stereocenters. The van der Waals surface area contributed by atoms with Crippen LogP contribution in [0.4, 0.5) is 23.2 Å². The van der Waals surface area contributed by atoms with Gasteiger partial charge < -0.3 is 5.32 Å². The predicted octanol–water partition coefficient (Wildman–Crippen LogP) is 6.24. The number of aromatic nitrogens is 1. The summed E-state index contributed by atoms with van der Waals surface area (Å²) in [5.74, 6) is -2.64. The molecule has 33 heavy (non-hydrogen) atoms. The number of amides is 2. The van der Waals surface area contributed by atoms with Crippen LogP contribution in [0.3, 0.4) is 0 Å². The molecule has 0 saturated carbocycles. The number of carbonyl (C=O) groups is 2. The second kappa shape index (κ2) is 8.75. The van der Waals surface area contributed by atoms with E-state index in [2.05, 4.69) is 27.1 Å². The molecule has 0 aliphatic heterocycles. The van der Waals surface area contributed by atoms with Crippen molar-refractivity contribution in [2.45, 2.75) is 6.18 Å². The van der Waals surface area contributed by atoms with Gasteiger partial charge in [0, 0.05) is 45.6 Å². The zero-order valence-electron chi connectivity index (χ0n) is 16.3. The molecule has 0 spiro atoms. The lowest BCUT2D eigenvalue weighted by atomic mass is 10.1. The molecule has 0 radical (unpaired) electrons. The zero-order valence-corrected chi connectivity index (χ0v) is 17.9. The maximum Gasteiger partial charge on any atom is 0.416 e. The van der Waals surface area contributed by atoms with E-state index in [4.69, 9.17) is 0 Å². The summed E-state index contributed by atoms with van der Waals surface area (Å²) in [4.78, 5) is 28.9. The molecule has 0 atom stereocenters. The lowest BCUT2D eigenvalue weighted by molar-refractivity contribution is -0.137. The van der Waals surface area contributed by atoms with Crippen LogP contribution in [0.25, 0.3) is 20.5 Å². The Morgan fingerprint density at radius 3 is 2.55 bits per heavy atom. The van der Waals surface area contributed by atoms with Crippen molar-refractivity contribution in [3.63, 3.8) is 0 Å². The molecule has 0 fully saturated rings. The van der Waals surface area contributed by atoms with E-state index in [0.29, 0.717) is 23.8 Å². The zero-order chi connectivity index (χ0) is 23.8. The molecular weight excluding hydrogens is 478 g/mol. The summed E-state index contributed by atoms with van der Waals surface area (Å²) in [5.41, 5.74) is -0.644. The van der Waals surface area contributed by atoms with Gasteiger partial charge in [0.15, 0.2) is 0 Å². The summed E-state index contributed by atoms with van der Waals surface area (Å²) in [7, 11) is 0. The second-order valence-corrected chi connectivity index (χ2v) is 8.13. The molecule has 2 aromatic heterocycles. The van der Waals surface area contributed by atoms with Gasteiger partial charge >= 0.3 is 6.18 Å². The molecule has 2 amide bonds. The number of anilines is 1. The predicted molar refractivity (Wildman–Crippen MR) is 119 cm³/mol. The van der Waals surface area contributed by atoms with Crippen LogP contribution >= 0.6 is 11.3 Å². The maximum atomic E-state index is 14.0. The summed E-state index contributed by atoms with van der Waals surface area (Å²) in [6.07, 6.45) is -1.77. The third kappa shape index (κ3) is 4.78. The Morgan fingerprint density at radius 1 is 1.03 bits per heavy atom. The van der Waals surface area contributed by atoms with E-state index in [1.807, 2.05) is 0 Å². The second-order valence-electron chi connectivity index (χ2n) is 6.87. The maximum absolute atomic E-state index is 14.0. The fourth-order valence-corrected chi connectivity index (χ4v) is 4.21. The third-order valence-electron chi connectivity index (χ3n) is 4.67. The van der Waals surface area contributed by atoms with Gasteiger partial charge in [0.25, 0.3) is 11.8 Å². The van der Waals surface area contributed by atoms with Crippen LogP contribution in [-0.2, 0) is 18.6 Å². The summed E-state index contributed by atoms with van der Waals surface area (Å²) >= 11 is 5.83. The number of fused-ring (bicyclic) bond motifs is 1. The first-order chi connectivity index (χ1) is 15.7. The van der Waals surface area contributed by atoms with Crippen molar-refractivity contribution >= 4 is 51.3 Å². The van der Waals surface area contributed by atoms with Gasteiger partial charge in [-0.15, -0.1) is 15.7 Å². The molecule has 11 heteroatoms. The Hall–Kier alpha value is -3.57. The van der Waals surface area contributed by atoms with Gasteiger partial charge in [0.2, 0.25) is 0 Å². The van der Waals surface area contributed by atoms with Gasteiger partial charge in [0.1, 0.15) is 5.82 Å². The molecule has 0 saturated heterocycles. The van der Waals surface area contributed by atoms with Gasteiger partial charge in [-0.05, 0) is 53.9 Å². The molecule has 5 nitrogen and oxygen atoms in total. The topological polar surface area (TPSA) is 71.4 Å². The lowest BCUT2D eigenvalue weighted by Gasteiger charge is -2.10. The highest BCUT2D eigenvalue weighted by Crippen LogP contribution is 2.35. The van der Waals surface area contributed by atoms with E-state index in [1.165, 1.54) is 17.5 Å². The van der Waals surface area contributed by atoms with Gasteiger partial charge in [-0.3, -0.25) is 14.6 Å². The van der Waals surface area contributed by atoms with Crippen LogP contribution < -0.4 is 5.32 Å². The fraction of sp³-hybridized carbons (Fsp3) is 0.0455. The number of carbonyl (C=O) groups excluding carboxylic acids is 2. The monoisotopic (exact) mass is 489 g/mol. The summed E-state index contributed by atoms with van der Waals surface area (Å²) in [6, 6.07) is 9.94. The number of halogens is 4. The average molecular weight is 489 g/mol. The molecular formula is C22H11F4N3O2S2. The van der Waals surface area contributed by atoms with Crippen LogP contribution in [0.2, 0.25) is 0 Å². The van der Waals surface area contributed by atoms with E-state index in [0.717, 1.165) is 15.0 Å². The summed E-state index contributed by atoms with van der Waals surface area (Å²) in [5, 5.41) is 3.15. The molecule has 0 bridgehead atoms. The third-order valence-corrected chi connectivity index (χ3v) is 6.00. The quantitative estimate of drug-likeness (QED) is 0.344. The SMILES string of the molecule is O=C(N=S)c1cncc(-c2cc3cc(NC(=O)c4cc(C(F)(F)F)ccc4F)ccc3s2)c1. The molecule has 0 aliphatic carbocycles. The first-order valence-corrected chi connectivity index (χ1v) is 10.4. The van der Waals surface area contributed by atoms with Crippen molar-refractivity contribution in [3.8, 4) is 10.4 Å². The normalized spacial score (nSPS) is 11.4. The van der Waals surface area contributed by atoms with E-state index in [9.17, 15) is 27.2 Å². The molecule has 166 valence electrons. The number of nitrogens with zero attached hydrogens (tertiary/aromatic N) is 2. The van der Waals surface area contributed by atoms with Gasteiger partial charge in [0.05, 0.1) is 16.7 Å². The van der Waals surface area contributed by atoms with E-state index >= 15 is 0 Å². The minimum absolute atomic E-state index is 0.246. The van der Waals surface area contributed by atoms with Gasteiger partial charge in [-0.1, -0.05) is 0 Å². The van der Waals surface area contributed by atoms with Crippen LogP contribution in [0.1, 0.15) is 26.3 Å². The number of rotatable bonds is 4. The molecule has 4 rings (SSSR count). The van der Waals surface area contributed by atoms with Crippen LogP contribution in [0, 0.1) is 5.82 Å². The van der Waals surface area contributed by atoms with E-state index in [1.54, 1.807) is 36.5 Å². The fourth-order valence-electron chi connectivity index (χ4n) is 3.08. The van der Waals surface area contributed by atoms with E-state index in [-0.39, 0.29) is 11.3 Å². The van der Waals surface area contributed by atoms with Crippen LogP contribution in [0.5, 0.6) is 0 Å². The van der Waals surface area contributed by atoms with E-state index < -0.39 is 34.9 Å². The first-order valence-electron chi connectivity index (χ1n) is 9.20. The van der Waals surface area contributed by atoms with Gasteiger partial charge in [-0.2, -0.15) is 13.2 Å². The summed E-state index contributed by atoms with van der Waals surface area (Å²) in [6.45, 7) is 0. The largest absolute Gasteiger partial charge is 0.416 e. The Kier molecular flexibility index (Phi) is 6.00. The number of nitrogens with one attached hydrogen (secondary N) is 1. The number of thiophene rings is 1. The number of pyridine rings is 1. The molecule has 2 aromatic carbocycles. The Morgan fingerprint density at radius 2 is 1.82 bits per heavy atom. The van der Waals surface area contributed by atoms with Gasteiger partial charge in [-0.25, -0.2) is 4.39 Å². The molecule has 1 N–H and O–H groups in total. The smallest absolute Gasteiger partial charge is 0.322 e. The average Bonchev–Trinajstić information content (AvgIpc) is 3.21. The van der Waals surface area contributed by atoms with Crippen LogP contribution in [-0.4, -0.2) is 16.8 Å². The first kappa shape index (κ1) is 22.6. The van der Waals surface area contributed by atoms with Crippen LogP contribution in [0.15, 0.2) is 65.3 Å². The molecule has 2 heterocycles. The Bertz CT molecular complexity index is 1420. The van der Waals surface area contributed by atoms with Crippen molar-refractivity contribution in [2.24, 2.45) is 4.36 Å². The Labute approximate surface area is 193 Å². The number of benzene rings is 2. The minimum atomic E-state index is -4.70. The van der Waals surface area contributed by atoms with Crippen molar-refractivity contribution in [3.05, 3.63) is 83.4 Å². The van der Waals surface area contributed by atoms with Crippen molar-refractivity contribution in [1.82, 2.24) is 4.98 Å². The number of alkyl halides is 3. The lowest BCUT2D eigenvalue weighted by Crippen LogP contribution is -2.15. The van der Waals surface area contributed by atoms with Crippen molar-refractivity contribution in [2.75, 3.05) is 5.32 Å². The molecule has 4 aromatic rings. The minimum Gasteiger partial charge on any atom is -0.322 e. The highest BCUT2D eigenvalue weighted by molar-refractivity contribution is 7.47. The summed E-state index contributed by atoms with van der Waals surface area (Å²) < 4.78 is 56.8.